The number of nitrogens with zero attached hydrogens (tertiary/aromatic N) is 3. The van der Waals surface area contributed by atoms with E-state index in [0.29, 0.717) is 0 Å². The van der Waals surface area contributed by atoms with Crippen molar-refractivity contribution in [3.63, 3.8) is 0 Å². The maximum absolute atomic E-state index is 16.0. The molecule has 0 bridgehead atoms. The van der Waals surface area contributed by atoms with E-state index in [1.807, 2.05) is 60.7 Å². The van der Waals surface area contributed by atoms with E-state index in [0.717, 1.165) is 11.1 Å². The van der Waals surface area contributed by atoms with Crippen LogP contribution in [0.4, 0.5) is 44.5 Å². The summed E-state index contributed by atoms with van der Waals surface area (Å²) in [6, 6.07) is 21.9. The predicted molar refractivity (Wildman–Crippen MR) is 241 cm³/mol. The number of carbonyl (C=O) groups is 6. The van der Waals surface area contributed by atoms with E-state index < -0.39 is 59.6 Å². The van der Waals surface area contributed by atoms with Crippen molar-refractivity contribution in [1.29, 1.82) is 0 Å². The molecule has 4 rings (SSSR count). The average Bonchev–Trinajstić information content (AvgIpc) is 3.62. The van der Waals surface area contributed by atoms with Crippen LogP contribution in [-0.2, 0) is 36.9 Å². The predicted octanol–water partition coefficient (Wildman–Crippen LogP) is 6.12. The van der Waals surface area contributed by atoms with Crippen LogP contribution in [0.1, 0.15) is 54.1 Å². The first-order valence-electron chi connectivity index (χ1n) is 21.2. The summed E-state index contributed by atoms with van der Waals surface area (Å²) >= 11 is 0. The zero-order chi connectivity index (χ0) is 47.4. The largest absolute Gasteiger partial charge is 0.445 e. The van der Waals surface area contributed by atoms with Gasteiger partial charge in [0.1, 0.15) is 36.3 Å². The fourth-order valence-electron chi connectivity index (χ4n) is 6.09. The Bertz CT molecular complexity index is 1950. The number of ether oxygens (including phenoxy) is 5. The van der Waals surface area contributed by atoms with E-state index in [9.17, 15) is 28.8 Å². The molecule has 0 aromatic heterocycles. The molecule has 65 heavy (non-hydrogen) atoms. The molecule has 1 saturated heterocycles. The molecule has 1 aliphatic heterocycles. The molecule has 0 spiro atoms. The third kappa shape index (κ3) is 19.1. The number of amides is 7. The molecule has 7 amide bonds. The summed E-state index contributed by atoms with van der Waals surface area (Å²) in [4.78, 5) is 79.9. The monoisotopic (exact) mass is 910 g/mol. The van der Waals surface area contributed by atoms with Crippen molar-refractivity contribution in [3.8, 4) is 0 Å². The van der Waals surface area contributed by atoms with Gasteiger partial charge in [0, 0.05) is 53.8 Å². The third-order valence-electron chi connectivity index (χ3n) is 9.05. The van der Waals surface area contributed by atoms with Crippen LogP contribution in [0.25, 0.3) is 0 Å². The molecule has 1 aliphatic rings. The third-order valence-corrected chi connectivity index (χ3v) is 9.05. The van der Waals surface area contributed by atoms with Crippen molar-refractivity contribution >= 4 is 47.9 Å². The fraction of sp³-hybridized carbons (Fsp3) is 0.467. The number of hydrogen-bond donors (Lipinski definition) is 5. The maximum atomic E-state index is 16.0. The minimum Gasteiger partial charge on any atom is -0.445 e. The minimum atomic E-state index is -0.812. The number of alkyl carbamates (subject to hydrolysis) is 4. The number of rotatable bonds is 20. The zero-order valence-corrected chi connectivity index (χ0v) is 37.8. The van der Waals surface area contributed by atoms with Crippen molar-refractivity contribution in [1.82, 2.24) is 31.5 Å². The van der Waals surface area contributed by atoms with Crippen molar-refractivity contribution in [3.05, 3.63) is 95.8 Å². The highest BCUT2D eigenvalue weighted by Gasteiger charge is 2.33. The van der Waals surface area contributed by atoms with Gasteiger partial charge >= 0.3 is 36.5 Å². The highest BCUT2D eigenvalue weighted by atomic mass is 19.1. The van der Waals surface area contributed by atoms with Crippen molar-refractivity contribution in [2.75, 3.05) is 75.2 Å². The topological polar surface area (TPSA) is 218 Å². The number of cyclic esters (lactones) is 1. The van der Waals surface area contributed by atoms with E-state index >= 15 is 4.39 Å². The van der Waals surface area contributed by atoms with Crippen LogP contribution in [0.2, 0.25) is 0 Å². The summed E-state index contributed by atoms with van der Waals surface area (Å²) < 4.78 is 42.6. The Balaban J connectivity index is 0.0000116. The lowest BCUT2D eigenvalue weighted by Crippen LogP contribution is -2.49. The minimum absolute atomic E-state index is 0. The second kappa shape index (κ2) is 24.7. The van der Waals surface area contributed by atoms with Gasteiger partial charge in [-0.1, -0.05) is 60.7 Å². The summed E-state index contributed by atoms with van der Waals surface area (Å²) in [6.07, 6.45) is -4.23. The Morgan fingerprint density at radius 3 is 1.60 bits per heavy atom. The van der Waals surface area contributed by atoms with Gasteiger partial charge in [0.2, 0.25) is 0 Å². The number of halogens is 1. The SMILES string of the molecule is CC(C)(C)OC(=O)NCCN(CCNC(=O)OC(C)(C)C)C(=O)NC[C@H]1CN(c2ccc(N(CCNC(=O)OCc3ccccc3)CCNC(=O)OCc3ccccc3)c(F)c2)C(=O)O1.[HH]. The molecule has 356 valence electrons. The fourth-order valence-corrected chi connectivity index (χ4v) is 6.09. The molecule has 5 N–H and O–H groups in total. The Hall–Kier alpha value is -6.99. The summed E-state index contributed by atoms with van der Waals surface area (Å²) in [5.74, 6) is -0.694. The highest BCUT2D eigenvalue weighted by Crippen LogP contribution is 2.28. The quantitative estimate of drug-likeness (QED) is 0.0811. The zero-order valence-electron chi connectivity index (χ0n) is 37.8. The molecule has 0 radical (unpaired) electrons. The molecular weight excluding hydrogens is 848 g/mol. The molecule has 3 aromatic carbocycles. The second-order valence-corrected chi connectivity index (χ2v) is 16.7. The first-order chi connectivity index (χ1) is 30.8. The molecule has 1 heterocycles. The first-order valence-corrected chi connectivity index (χ1v) is 21.2. The van der Waals surface area contributed by atoms with Gasteiger partial charge in [0.25, 0.3) is 0 Å². The molecule has 19 nitrogen and oxygen atoms in total. The summed E-state index contributed by atoms with van der Waals surface area (Å²) in [5.41, 5.74) is 0.495. The number of nitrogens with one attached hydrogen (secondary N) is 5. The standard InChI is InChI=1S/C45H61FN8O11.H2/c1-44(2,3)64-41(58)49-21-25-53(26-22-50-42(59)65-45(4,5)6)38(55)51-28-35-29-54(43(60)63-35)34-17-18-37(36(46)27-34)52(23-19-47-39(56)61-30-32-13-9-7-10-14-32)24-20-48-40(57)62-31-33-15-11-8-12-16-33;/h7-18,27,35H,19-26,28-31H2,1-6H3,(H,47,56)(H,48,57)(H,49,58)(H,50,59)(H,51,55);1H/t35-;/m0./s1. The van der Waals surface area contributed by atoms with E-state index in [2.05, 4.69) is 26.6 Å². The van der Waals surface area contributed by atoms with Gasteiger partial charge in [0.15, 0.2) is 0 Å². The number of hydrogen-bond acceptors (Lipinski definition) is 12. The van der Waals surface area contributed by atoms with Gasteiger partial charge in [-0.15, -0.1) is 0 Å². The van der Waals surface area contributed by atoms with Crippen LogP contribution in [0.5, 0.6) is 0 Å². The summed E-state index contributed by atoms with van der Waals surface area (Å²) in [5, 5.41) is 13.3. The van der Waals surface area contributed by atoms with Gasteiger partial charge in [0.05, 0.1) is 24.5 Å². The van der Waals surface area contributed by atoms with Crippen molar-refractivity contribution < 1.29 is 58.3 Å². The van der Waals surface area contributed by atoms with Gasteiger partial charge in [-0.3, -0.25) is 4.90 Å². The molecular formula is C45H63FN8O11. The number of benzene rings is 3. The second-order valence-electron chi connectivity index (χ2n) is 16.7. The lowest BCUT2D eigenvalue weighted by atomic mass is 10.2. The Kier molecular flexibility index (Phi) is 19.3. The van der Waals surface area contributed by atoms with Gasteiger partial charge in [-0.25, -0.2) is 33.2 Å². The molecule has 3 aromatic rings. The number of carbonyl (C=O) groups excluding carboxylic acids is 6. The highest BCUT2D eigenvalue weighted by molar-refractivity contribution is 5.90. The van der Waals surface area contributed by atoms with Gasteiger partial charge in [-0.2, -0.15) is 0 Å². The van der Waals surface area contributed by atoms with Gasteiger partial charge in [-0.05, 0) is 70.9 Å². The molecule has 1 fully saturated rings. The smallest absolute Gasteiger partial charge is 0.414 e. The van der Waals surface area contributed by atoms with Crippen molar-refractivity contribution in [2.45, 2.75) is 72.1 Å². The maximum Gasteiger partial charge on any atom is 0.414 e. The van der Waals surface area contributed by atoms with E-state index in [1.165, 1.54) is 28.0 Å². The van der Waals surface area contributed by atoms with Crippen molar-refractivity contribution in [2.24, 2.45) is 0 Å². The lowest BCUT2D eigenvalue weighted by Gasteiger charge is -2.26. The van der Waals surface area contributed by atoms with E-state index in [4.69, 9.17) is 23.7 Å². The Labute approximate surface area is 380 Å². The van der Waals surface area contributed by atoms with E-state index in [1.54, 1.807) is 46.4 Å². The summed E-state index contributed by atoms with van der Waals surface area (Å²) in [7, 11) is 0. The first kappa shape index (κ1) is 50.7. The van der Waals surface area contributed by atoms with E-state index in [-0.39, 0.29) is 91.5 Å². The Morgan fingerprint density at radius 2 is 1.14 bits per heavy atom. The lowest BCUT2D eigenvalue weighted by molar-refractivity contribution is 0.0520. The molecule has 1 atom stereocenters. The summed E-state index contributed by atoms with van der Waals surface area (Å²) in [6.45, 7) is 10.9. The number of urea groups is 1. The normalized spacial score (nSPS) is 13.4. The Morgan fingerprint density at radius 1 is 0.677 bits per heavy atom. The van der Waals surface area contributed by atoms with Crippen LogP contribution in [0, 0.1) is 5.82 Å². The molecule has 0 aliphatic carbocycles. The van der Waals surface area contributed by atoms with Crippen LogP contribution < -0.4 is 36.4 Å². The molecule has 0 saturated carbocycles. The number of anilines is 2. The van der Waals surface area contributed by atoms with Crippen LogP contribution >= 0.6 is 0 Å². The average molecular weight is 911 g/mol. The van der Waals surface area contributed by atoms with Crippen LogP contribution in [0.3, 0.4) is 0 Å². The van der Waals surface area contributed by atoms with Crippen LogP contribution in [-0.4, -0.2) is 124 Å². The van der Waals surface area contributed by atoms with Crippen LogP contribution in [0.15, 0.2) is 78.9 Å². The van der Waals surface area contributed by atoms with Gasteiger partial charge < -0.3 is 60.1 Å². The molecule has 20 heteroatoms. The molecule has 0 unspecified atom stereocenters.